The fourth-order valence-electron chi connectivity index (χ4n) is 2.93. The second kappa shape index (κ2) is 4.22. The Labute approximate surface area is 106 Å². The standard InChI is InChI=1S/C14H28N2O/c1-13(2,3)16-9-12(10-16)15-7-6-11(8-15)14(4,5)17/h11-12,17H,6-10H2,1-5H3/t11-/m0/s1. The van der Waals surface area contributed by atoms with Crippen molar-refractivity contribution in [1.82, 2.24) is 9.80 Å². The highest BCUT2D eigenvalue weighted by atomic mass is 16.3. The largest absolute Gasteiger partial charge is 0.390 e. The van der Waals surface area contributed by atoms with E-state index in [4.69, 9.17) is 0 Å². The molecule has 2 aliphatic heterocycles. The summed E-state index contributed by atoms with van der Waals surface area (Å²) in [6.07, 6.45) is 1.15. The van der Waals surface area contributed by atoms with Gasteiger partial charge in [-0.15, -0.1) is 0 Å². The van der Waals surface area contributed by atoms with Crippen LogP contribution in [0.1, 0.15) is 41.0 Å². The van der Waals surface area contributed by atoms with Crippen LogP contribution in [0, 0.1) is 5.92 Å². The van der Waals surface area contributed by atoms with Crippen LogP contribution in [0.2, 0.25) is 0 Å². The first-order valence-electron chi connectivity index (χ1n) is 6.89. The van der Waals surface area contributed by atoms with E-state index < -0.39 is 5.60 Å². The van der Waals surface area contributed by atoms with Gasteiger partial charge in [-0.2, -0.15) is 0 Å². The molecule has 0 aromatic rings. The van der Waals surface area contributed by atoms with Crippen molar-refractivity contribution >= 4 is 0 Å². The Balaban J connectivity index is 1.81. The first-order chi connectivity index (χ1) is 7.68. The van der Waals surface area contributed by atoms with Crippen molar-refractivity contribution in [2.24, 2.45) is 5.92 Å². The quantitative estimate of drug-likeness (QED) is 0.793. The van der Waals surface area contributed by atoms with Gasteiger partial charge in [-0.3, -0.25) is 9.80 Å². The van der Waals surface area contributed by atoms with E-state index in [2.05, 4.69) is 30.6 Å². The topological polar surface area (TPSA) is 26.7 Å². The Morgan fingerprint density at radius 1 is 1.00 bits per heavy atom. The maximum absolute atomic E-state index is 10.1. The first kappa shape index (κ1) is 13.3. The monoisotopic (exact) mass is 240 g/mol. The summed E-state index contributed by atoms with van der Waals surface area (Å²) in [5.41, 5.74) is -0.200. The van der Waals surface area contributed by atoms with Gasteiger partial charge >= 0.3 is 0 Å². The molecule has 1 atom stereocenters. The highest BCUT2D eigenvalue weighted by molar-refractivity contribution is 4.98. The van der Waals surface area contributed by atoms with E-state index in [-0.39, 0.29) is 0 Å². The van der Waals surface area contributed by atoms with E-state index in [0.717, 1.165) is 25.6 Å². The third-order valence-electron chi connectivity index (χ3n) is 4.55. The van der Waals surface area contributed by atoms with Gasteiger partial charge in [0.15, 0.2) is 0 Å². The molecule has 0 spiro atoms. The molecule has 0 aromatic carbocycles. The Bertz CT molecular complexity index is 271. The smallest absolute Gasteiger partial charge is 0.0632 e. The lowest BCUT2D eigenvalue weighted by molar-refractivity contribution is -0.0243. The predicted molar refractivity (Wildman–Crippen MR) is 71.1 cm³/mol. The predicted octanol–water partition coefficient (Wildman–Crippen LogP) is 1.56. The molecule has 3 heteroatoms. The van der Waals surface area contributed by atoms with Crippen LogP contribution in [0.3, 0.4) is 0 Å². The Morgan fingerprint density at radius 2 is 1.59 bits per heavy atom. The summed E-state index contributed by atoms with van der Waals surface area (Å²) in [4.78, 5) is 5.11. The SMILES string of the molecule is CC(C)(O)[C@H]1CCN(C2CN(C(C)(C)C)C2)C1. The van der Waals surface area contributed by atoms with Crippen molar-refractivity contribution < 1.29 is 5.11 Å². The molecular weight excluding hydrogens is 212 g/mol. The normalized spacial score (nSPS) is 29.6. The van der Waals surface area contributed by atoms with Gasteiger partial charge in [0.1, 0.15) is 0 Å². The van der Waals surface area contributed by atoms with E-state index in [9.17, 15) is 5.11 Å². The lowest BCUT2D eigenvalue weighted by atomic mass is 9.90. The fourth-order valence-corrected chi connectivity index (χ4v) is 2.93. The molecule has 2 heterocycles. The van der Waals surface area contributed by atoms with Crippen molar-refractivity contribution in [2.75, 3.05) is 26.2 Å². The molecular formula is C14H28N2O. The number of hydrogen-bond acceptors (Lipinski definition) is 3. The number of aliphatic hydroxyl groups is 1. The molecule has 0 saturated carbocycles. The van der Waals surface area contributed by atoms with Gasteiger partial charge in [0.25, 0.3) is 0 Å². The van der Waals surface area contributed by atoms with Gasteiger partial charge in [0, 0.05) is 37.1 Å². The lowest BCUT2D eigenvalue weighted by Gasteiger charge is -2.50. The van der Waals surface area contributed by atoms with Crippen molar-refractivity contribution in [3.05, 3.63) is 0 Å². The average molecular weight is 240 g/mol. The highest BCUT2D eigenvalue weighted by Gasteiger charge is 2.42. The molecule has 0 unspecified atom stereocenters. The molecule has 100 valence electrons. The summed E-state index contributed by atoms with van der Waals surface area (Å²) in [7, 11) is 0. The van der Waals surface area contributed by atoms with E-state index in [1.165, 1.54) is 13.1 Å². The molecule has 0 amide bonds. The van der Waals surface area contributed by atoms with E-state index >= 15 is 0 Å². The molecule has 2 rings (SSSR count). The summed E-state index contributed by atoms with van der Waals surface area (Å²) in [5, 5.41) is 10.1. The molecule has 2 saturated heterocycles. The molecule has 0 radical (unpaired) electrons. The van der Waals surface area contributed by atoms with Crippen LogP contribution in [-0.4, -0.2) is 58.3 Å². The zero-order chi connectivity index (χ0) is 12.8. The zero-order valence-corrected chi connectivity index (χ0v) is 12.0. The Kier molecular flexibility index (Phi) is 3.30. The third-order valence-corrected chi connectivity index (χ3v) is 4.55. The van der Waals surface area contributed by atoms with Crippen LogP contribution in [0.15, 0.2) is 0 Å². The number of likely N-dealkylation sites (tertiary alicyclic amines) is 2. The molecule has 0 aliphatic carbocycles. The van der Waals surface area contributed by atoms with Crippen molar-refractivity contribution in [1.29, 1.82) is 0 Å². The van der Waals surface area contributed by atoms with Crippen molar-refractivity contribution in [3.63, 3.8) is 0 Å². The van der Waals surface area contributed by atoms with Gasteiger partial charge < -0.3 is 5.11 Å². The minimum Gasteiger partial charge on any atom is -0.390 e. The van der Waals surface area contributed by atoms with Crippen LogP contribution in [-0.2, 0) is 0 Å². The van der Waals surface area contributed by atoms with Gasteiger partial charge in [0.2, 0.25) is 0 Å². The highest BCUT2D eigenvalue weighted by Crippen LogP contribution is 2.32. The molecule has 17 heavy (non-hydrogen) atoms. The van der Waals surface area contributed by atoms with E-state index in [1.54, 1.807) is 0 Å². The van der Waals surface area contributed by atoms with Crippen LogP contribution < -0.4 is 0 Å². The summed E-state index contributed by atoms with van der Waals surface area (Å²) < 4.78 is 0. The molecule has 0 bridgehead atoms. The van der Waals surface area contributed by atoms with Crippen LogP contribution >= 0.6 is 0 Å². The number of hydrogen-bond donors (Lipinski definition) is 1. The summed E-state index contributed by atoms with van der Waals surface area (Å²) in [5.74, 6) is 0.450. The molecule has 2 fully saturated rings. The van der Waals surface area contributed by atoms with E-state index in [1.807, 2.05) is 13.8 Å². The van der Waals surface area contributed by atoms with Crippen LogP contribution in [0.5, 0.6) is 0 Å². The first-order valence-corrected chi connectivity index (χ1v) is 6.89. The lowest BCUT2D eigenvalue weighted by Crippen LogP contribution is -2.64. The summed E-state index contributed by atoms with van der Waals surface area (Å²) in [6, 6.07) is 0.724. The number of nitrogens with zero attached hydrogens (tertiary/aromatic N) is 2. The maximum Gasteiger partial charge on any atom is 0.0632 e. The molecule has 0 aromatic heterocycles. The number of rotatable bonds is 2. The Morgan fingerprint density at radius 3 is 2.00 bits per heavy atom. The van der Waals surface area contributed by atoms with Crippen molar-refractivity contribution in [2.45, 2.75) is 58.2 Å². The summed E-state index contributed by atoms with van der Waals surface area (Å²) in [6.45, 7) is 15.4. The van der Waals surface area contributed by atoms with Gasteiger partial charge in [-0.05, 0) is 47.6 Å². The zero-order valence-electron chi connectivity index (χ0n) is 12.0. The molecule has 1 N–H and O–H groups in total. The average Bonchev–Trinajstić information content (AvgIpc) is 2.45. The minimum atomic E-state index is -0.512. The maximum atomic E-state index is 10.1. The Hall–Kier alpha value is -0.120. The molecule has 3 nitrogen and oxygen atoms in total. The molecule has 2 aliphatic rings. The van der Waals surface area contributed by atoms with Gasteiger partial charge in [-0.25, -0.2) is 0 Å². The summed E-state index contributed by atoms with van der Waals surface area (Å²) >= 11 is 0. The van der Waals surface area contributed by atoms with Crippen LogP contribution in [0.25, 0.3) is 0 Å². The van der Waals surface area contributed by atoms with Gasteiger partial charge in [-0.1, -0.05) is 0 Å². The second-order valence-electron chi connectivity index (χ2n) is 7.36. The fraction of sp³-hybridized carbons (Fsp3) is 1.00. The van der Waals surface area contributed by atoms with E-state index in [0.29, 0.717) is 11.5 Å². The second-order valence-corrected chi connectivity index (χ2v) is 7.36. The third kappa shape index (κ3) is 2.83. The minimum absolute atomic E-state index is 0.311. The van der Waals surface area contributed by atoms with Crippen molar-refractivity contribution in [3.8, 4) is 0 Å². The van der Waals surface area contributed by atoms with Crippen LogP contribution in [0.4, 0.5) is 0 Å². The van der Waals surface area contributed by atoms with Gasteiger partial charge in [0.05, 0.1) is 5.60 Å².